The molecule has 13 heavy (non-hydrogen) atoms. The molecule has 7 heteroatoms. The molecule has 3 N–H and O–H groups in total. The Balaban J connectivity index is 3.43. The van der Waals surface area contributed by atoms with Crippen LogP contribution in [0.1, 0.15) is 12.8 Å². The number of unbranched alkanes of at least 4 members (excludes halogenated alkanes) is 1. The molecule has 0 heterocycles. The molecule has 0 bridgehead atoms. The number of hydrogen-bond acceptors (Lipinski definition) is 4. The van der Waals surface area contributed by atoms with Crippen molar-refractivity contribution >= 4 is 16.3 Å². The average molecular weight is 209 g/mol. The summed E-state index contributed by atoms with van der Waals surface area (Å²) >= 11 is 0. The average Bonchev–Trinajstić information content (AvgIpc) is 1.93. The molecule has 76 valence electrons. The summed E-state index contributed by atoms with van der Waals surface area (Å²) in [6.07, 6.45) is 3.23. The third-order valence-corrected chi connectivity index (χ3v) is 1.52. The van der Waals surface area contributed by atoms with E-state index in [-0.39, 0.29) is 6.61 Å². The van der Waals surface area contributed by atoms with E-state index in [9.17, 15) is 13.2 Å². The van der Waals surface area contributed by atoms with Crippen molar-refractivity contribution in [1.82, 2.24) is 0 Å². The lowest BCUT2D eigenvalue weighted by Crippen LogP contribution is -2.16. The van der Waals surface area contributed by atoms with Gasteiger partial charge in [-0.3, -0.25) is 4.18 Å². The van der Waals surface area contributed by atoms with Crippen LogP contribution in [0.3, 0.4) is 0 Å². The van der Waals surface area contributed by atoms with Gasteiger partial charge in [-0.2, -0.15) is 8.42 Å². The van der Waals surface area contributed by atoms with E-state index in [0.29, 0.717) is 12.8 Å². The fraction of sp³-hybridized carbons (Fsp3) is 0.500. The number of rotatable bonds is 6. The van der Waals surface area contributed by atoms with Crippen LogP contribution in [0.25, 0.3) is 0 Å². The van der Waals surface area contributed by atoms with Crippen molar-refractivity contribution in [2.45, 2.75) is 12.8 Å². The second kappa shape index (κ2) is 5.68. The van der Waals surface area contributed by atoms with Gasteiger partial charge in [0.1, 0.15) is 0 Å². The lowest BCUT2D eigenvalue weighted by atomic mass is 10.3. The first-order chi connectivity index (χ1) is 5.92. The minimum absolute atomic E-state index is 0.0389. The zero-order chi connectivity index (χ0) is 10.3. The fourth-order valence-corrected chi connectivity index (χ4v) is 0.911. The number of aliphatic carboxylic acids is 1. The first kappa shape index (κ1) is 12.1. The van der Waals surface area contributed by atoms with Gasteiger partial charge in [-0.25, -0.2) is 9.93 Å². The molecule has 0 aliphatic heterocycles. The molecule has 0 atom stereocenters. The summed E-state index contributed by atoms with van der Waals surface area (Å²) < 4.78 is 24.6. The van der Waals surface area contributed by atoms with Crippen molar-refractivity contribution in [3.05, 3.63) is 12.2 Å². The molecule has 0 saturated heterocycles. The Kier molecular flexibility index (Phi) is 5.28. The predicted octanol–water partition coefficient (Wildman–Crippen LogP) is -0.373. The zero-order valence-electron chi connectivity index (χ0n) is 6.84. The molecular formula is C6H11NO5S. The lowest BCUT2D eigenvalue weighted by Gasteiger charge is -1.97. The van der Waals surface area contributed by atoms with Gasteiger partial charge in [-0.1, -0.05) is 6.08 Å². The monoisotopic (exact) mass is 209 g/mol. The first-order valence-electron chi connectivity index (χ1n) is 3.48. The summed E-state index contributed by atoms with van der Waals surface area (Å²) in [5.41, 5.74) is 0. The normalized spacial score (nSPS) is 12.1. The van der Waals surface area contributed by atoms with E-state index in [1.165, 1.54) is 6.08 Å². The minimum atomic E-state index is -3.87. The van der Waals surface area contributed by atoms with Gasteiger partial charge in [-0.05, 0) is 12.8 Å². The van der Waals surface area contributed by atoms with E-state index in [0.717, 1.165) is 6.08 Å². The second-order valence-electron chi connectivity index (χ2n) is 2.20. The molecule has 0 aromatic rings. The highest BCUT2D eigenvalue weighted by Gasteiger charge is 1.99. The van der Waals surface area contributed by atoms with Crippen LogP contribution >= 0.6 is 0 Å². The van der Waals surface area contributed by atoms with Crippen molar-refractivity contribution in [2.75, 3.05) is 6.61 Å². The van der Waals surface area contributed by atoms with Crippen LogP contribution in [-0.2, 0) is 19.3 Å². The smallest absolute Gasteiger partial charge is 0.333 e. The van der Waals surface area contributed by atoms with Crippen LogP contribution in [-0.4, -0.2) is 26.1 Å². The van der Waals surface area contributed by atoms with Crippen LogP contribution < -0.4 is 5.14 Å². The maximum absolute atomic E-state index is 10.2. The Morgan fingerprint density at radius 2 is 2.15 bits per heavy atom. The Hall–Kier alpha value is -0.920. The quantitative estimate of drug-likeness (QED) is 0.458. The van der Waals surface area contributed by atoms with Gasteiger partial charge in [0.05, 0.1) is 6.61 Å². The predicted molar refractivity (Wildman–Crippen MR) is 45.1 cm³/mol. The highest BCUT2D eigenvalue weighted by atomic mass is 32.2. The summed E-state index contributed by atoms with van der Waals surface area (Å²) in [5.74, 6) is -1.03. The number of hydrogen-bond donors (Lipinski definition) is 2. The Morgan fingerprint density at radius 1 is 1.54 bits per heavy atom. The molecule has 0 aromatic carbocycles. The fourth-order valence-electron chi connectivity index (χ4n) is 0.560. The van der Waals surface area contributed by atoms with E-state index in [2.05, 4.69) is 9.32 Å². The Bertz CT molecular complexity index is 281. The number of carboxylic acids is 1. The van der Waals surface area contributed by atoms with Gasteiger partial charge in [0, 0.05) is 6.08 Å². The minimum Gasteiger partial charge on any atom is -0.478 e. The van der Waals surface area contributed by atoms with Crippen molar-refractivity contribution in [1.29, 1.82) is 0 Å². The van der Waals surface area contributed by atoms with Gasteiger partial charge in [0.25, 0.3) is 0 Å². The van der Waals surface area contributed by atoms with Crippen molar-refractivity contribution in [3.8, 4) is 0 Å². The van der Waals surface area contributed by atoms with Crippen molar-refractivity contribution < 1.29 is 22.5 Å². The molecule has 0 unspecified atom stereocenters. The van der Waals surface area contributed by atoms with Crippen LogP contribution in [0.4, 0.5) is 0 Å². The molecule has 0 saturated carbocycles. The number of nitrogens with two attached hydrogens (primary N) is 1. The summed E-state index contributed by atoms with van der Waals surface area (Å²) in [7, 11) is -3.87. The molecule has 6 nitrogen and oxygen atoms in total. The SMILES string of the molecule is NS(=O)(=O)OCCC/C=C/C(=O)O. The molecule has 0 rings (SSSR count). The summed E-state index contributed by atoms with van der Waals surface area (Å²) in [5, 5.41) is 12.7. The number of carbonyl (C=O) groups is 1. The van der Waals surface area contributed by atoms with Crippen LogP contribution in [0.15, 0.2) is 12.2 Å². The highest BCUT2D eigenvalue weighted by molar-refractivity contribution is 7.84. The standard InChI is InChI=1S/C6H11NO5S/c7-13(10,11)12-5-3-1-2-4-6(8)9/h2,4H,1,3,5H2,(H,8,9)(H2,7,10,11)/b4-2+. The van der Waals surface area contributed by atoms with Gasteiger partial charge in [-0.15, -0.1) is 0 Å². The van der Waals surface area contributed by atoms with Gasteiger partial charge < -0.3 is 5.11 Å². The third kappa shape index (κ3) is 11.1. The maximum Gasteiger partial charge on any atom is 0.333 e. The molecule has 0 aromatic heterocycles. The van der Waals surface area contributed by atoms with E-state index < -0.39 is 16.3 Å². The van der Waals surface area contributed by atoms with E-state index in [4.69, 9.17) is 5.11 Å². The molecular weight excluding hydrogens is 198 g/mol. The Morgan fingerprint density at radius 3 is 2.62 bits per heavy atom. The first-order valence-corrected chi connectivity index (χ1v) is 4.95. The zero-order valence-corrected chi connectivity index (χ0v) is 7.66. The number of allylic oxidation sites excluding steroid dienone is 1. The molecule has 0 spiro atoms. The Labute approximate surface area is 76.3 Å². The molecule has 0 fully saturated rings. The van der Waals surface area contributed by atoms with E-state index in [1.807, 2.05) is 0 Å². The highest BCUT2D eigenvalue weighted by Crippen LogP contribution is 1.93. The lowest BCUT2D eigenvalue weighted by molar-refractivity contribution is -0.131. The van der Waals surface area contributed by atoms with E-state index >= 15 is 0 Å². The molecule has 0 aliphatic carbocycles. The third-order valence-electron chi connectivity index (χ3n) is 1.02. The van der Waals surface area contributed by atoms with Crippen molar-refractivity contribution in [3.63, 3.8) is 0 Å². The van der Waals surface area contributed by atoms with Gasteiger partial charge >= 0.3 is 16.3 Å². The maximum atomic E-state index is 10.2. The summed E-state index contributed by atoms with van der Waals surface area (Å²) in [4.78, 5) is 9.96. The van der Waals surface area contributed by atoms with Crippen LogP contribution in [0, 0.1) is 0 Å². The van der Waals surface area contributed by atoms with Crippen LogP contribution in [0.5, 0.6) is 0 Å². The molecule has 0 amide bonds. The number of carboxylic acid groups (broad SMARTS) is 1. The topological polar surface area (TPSA) is 107 Å². The second-order valence-corrected chi connectivity index (χ2v) is 3.42. The summed E-state index contributed by atoms with van der Waals surface area (Å²) in [6.45, 7) is -0.0389. The molecule has 0 radical (unpaired) electrons. The van der Waals surface area contributed by atoms with Crippen molar-refractivity contribution in [2.24, 2.45) is 5.14 Å². The largest absolute Gasteiger partial charge is 0.478 e. The summed E-state index contributed by atoms with van der Waals surface area (Å²) in [6, 6.07) is 0. The van der Waals surface area contributed by atoms with E-state index in [1.54, 1.807) is 0 Å². The van der Waals surface area contributed by atoms with Crippen LogP contribution in [0.2, 0.25) is 0 Å². The van der Waals surface area contributed by atoms with Gasteiger partial charge in [0.15, 0.2) is 0 Å². The molecule has 0 aliphatic rings. The van der Waals surface area contributed by atoms with Gasteiger partial charge in [0.2, 0.25) is 0 Å².